The molecule has 7 heteroatoms. The number of piperidine rings is 1. The largest absolute Gasteiger partial charge is 0.383 e. The van der Waals surface area contributed by atoms with Crippen molar-refractivity contribution in [1.82, 2.24) is 20.5 Å². The van der Waals surface area contributed by atoms with Crippen molar-refractivity contribution in [1.29, 1.82) is 0 Å². The molecular formula is C18H33N5OS. The van der Waals surface area contributed by atoms with Crippen molar-refractivity contribution in [2.24, 2.45) is 10.9 Å². The Balaban J connectivity index is 1.70. The standard InChI is InChI=1S/C18H33N5OS/c1-4-19-18(20-8-5-17-21-13-15(2)25-17)22-14-16-6-9-23(10-7-16)11-12-24-3/h13,16H,4-12,14H2,1-3H3,(H2,19,20,22). The lowest BCUT2D eigenvalue weighted by Crippen LogP contribution is -2.40. The van der Waals surface area contributed by atoms with Crippen molar-refractivity contribution < 1.29 is 4.74 Å². The molecule has 1 saturated heterocycles. The molecule has 0 unspecified atom stereocenters. The summed E-state index contributed by atoms with van der Waals surface area (Å²) >= 11 is 1.77. The lowest BCUT2D eigenvalue weighted by atomic mass is 9.97. The Morgan fingerprint density at radius 1 is 1.40 bits per heavy atom. The van der Waals surface area contributed by atoms with Crippen molar-refractivity contribution in [3.05, 3.63) is 16.1 Å². The zero-order valence-corrected chi connectivity index (χ0v) is 16.7. The second kappa shape index (κ2) is 11.4. The summed E-state index contributed by atoms with van der Waals surface area (Å²) in [6, 6.07) is 0. The van der Waals surface area contributed by atoms with E-state index in [9.17, 15) is 0 Å². The van der Waals surface area contributed by atoms with Gasteiger partial charge >= 0.3 is 0 Å². The maximum absolute atomic E-state index is 5.16. The Hall–Kier alpha value is -1.18. The molecule has 0 atom stereocenters. The van der Waals surface area contributed by atoms with Crippen LogP contribution in [0.25, 0.3) is 0 Å². The summed E-state index contributed by atoms with van der Waals surface area (Å²) in [6.07, 6.45) is 5.34. The van der Waals surface area contributed by atoms with Gasteiger partial charge in [0.2, 0.25) is 0 Å². The molecule has 2 N–H and O–H groups in total. The number of nitrogens with zero attached hydrogens (tertiary/aromatic N) is 3. The van der Waals surface area contributed by atoms with E-state index < -0.39 is 0 Å². The van der Waals surface area contributed by atoms with E-state index in [-0.39, 0.29) is 0 Å². The number of aryl methyl sites for hydroxylation is 1. The van der Waals surface area contributed by atoms with Gasteiger partial charge in [-0.1, -0.05) is 0 Å². The van der Waals surface area contributed by atoms with Crippen LogP contribution in [0, 0.1) is 12.8 Å². The first-order valence-electron chi connectivity index (χ1n) is 9.36. The molecule has 0 saturated carbocycles. The molecule has 0 amide bonds. The molecule has 0 aromatic carbocycles. The molecule has 0 spiro atoms. The van der Waals surface area contributed by atoms with Crippen molar-refractivity contribution in [3.8, 4) is 0 Å². The second-order valence-electron chi connectivity index (χ2n) is 6.54. The number of aliphatic imine (C=N–C) groups is 1. The van der Waals surface area contributed by atoms with Gasteiger partial charge in [-0.05, 0) is 45.7 Å². The molecule has 0 aliphatic carbocycles. The number of likely N-dealkylation sites (tertiary alicyclic amines) is 1. The van der Waals surface area contributed by atoms with Gasteiger partial charge < -0.3 is 20.3 Å². The lowest BCUT2D eigenvalue weighted by molar-refractivity contribution is 0.121. The number of methoxy groups -OCH3 is 1. The topological polar surface area (TPSA) is 61.8 Å². The van der Waals surface area contributed by atoms with Crippen LogP contribution in [0.2, 0.25) is 0 Å². The van der Waals surface area contributed by atoms with Crippen LogP contribution < -0.4 is 10.6 Å². The minimum atomic E-state index is 0.691. The van der Waals surface area contributed by atoms with Gasteiger partial charge in [-0.3, -0.25) is 4.99 Å². The molecule has 2 heterocycles. The third-order valence-electron chi connectivity index (χ3n) is 4.47. The molecule has 142 valence electrons. The predicted molar refractivity (Wildman–Crippen MR) is 106 cm³/mol. The summed E-state index contributed by atoms with van der Waals surface area (Å²) in [5.41, 5.74) is 0. The van der Waals surface area contributed by atoms with Crippen LogP contribution in [0.4, 0.5) is 0 Å². The van der Waals surface area contributed by atoms with E-state index in [0.717, 1.165) is 58.3 Å². The summed E-state index contributed by atoms with van der Waals surface area (Å²) in [4.78, 5) is 13.0. The Morgan fingerprint density at radius 3 is 2.84 bits per heavy atom. The number of hydrogen-bond donors (Lipinski definition) is 2. The van der Waals surface area contributed by atoms with E-state index in [4.69, 9.17) is 9.73 Å². The first-order valence-corrected chi connectivity index (χ1v) is 10.2. The van der Waals surface area contributed by atoms with Gasteiger partial charge in [-0.2, -0.15) is 0 Å². The van der Waals surface area contributed by atoms with Gasteiger partial charge in [0.05, 0.1) is 11.6 Å². The van der Waals surface area contributed by atoms with Crippen LogP contribution >= 0.6 is 11.3 Å². The van der Waals surface area contributed by atoms with Crippen molar-refractivity contribution >= 4 is 17.3 Å². The van der Waals surface area contributed by atoms with Crippen LogP contribution in [-0.4, -0.2) is 68.8 Å². The highest BCUT2D eigenvalue weighted by Crippen LogP contribution is 2.17. The molecule has 2 rings (SSSR count). The molecule has 1 aliphatic heterocycles. The molecule has 1 fully saturated rings. The van der Waals surface area contributed by atoms with Gasteiger partial charge in [0.1, 0.15) is 0 Å². The monoisotopic (exact) mass is 367 g/mol. The summed E-state index contributed by atoms with van der Waals surface area (Å²) in [5, 5.41) is 7.96. The van der Waals surface area contributed by atoms with Crippen molar-refractivity contribution in [2.45, 2.75) is 33.1 Å². The van der Waals surface area contributed by atoms with Crippen molar-refractivity contribution in [3.63, 3.8) is 0 Å². The molecule has 0 radical (unpaired) electrons. The summed E-state index contributed by atoms with van der Waals surface area (Å²) in [5.74, 6) is 1.62. The first kappa shape index (κ1) is 20.1. The zero-order valence-electron chi connectivity index (χ0n) is 15.9. The second-order valence-corrected chi connectivity index (χ2v) is 7.86. The lowest BCUT2D eigenvalue weighted by Gasteiger charge is -2.31. The molecule has 0 bridgehead atoms. The Morgan fingerprint density at radius 2 is 2.20 bits per heavy atom. The van der Waals surface area contributed by atoms with Crippen LogP contribution in [-0.2, 0) is 11.2 Å². The van der Waals surface area contributed by atoms with Crippen LogP contribution in [0.3, 0.4) is 0 Å². The normalized spacial score (nSPS) is 17.0. The van der Waals surface area contributed by atoms with Crippen LogP contribution in [0.15, 0.2) is 11.2 Å². The fourth-order valence-corrected chi connectivity index (χ4v) is 3.77. The van der Waals surface area contributed by atoms with E-state index in [2.05, 4.69) is 34.4 Å². The highest BCUT2D eigenvalue weighted by molar-refractivity contribution is 7.11. The number of nitrogens with one attached hydrogen (secondary N) is 2. The van der Waals surface area contributed by atoms with Crippen molar-refractivity contribution in [2.75, 3.05) is 53.0 Å². The van der Waals surface area contributed by atoms with Crippen LogP contribution in [0.1, 0.15) is 29.7 Å². The number of hydrogen-bond acceptors (Lipinski definition) is 5. The maximum atomic E-state index is 5.16. The first-order chi connectivity index (χ1) is 12.2. The smallest absolute Gasteiger partial charge is 0.191 e. The Bertz CT molecular complexity index is 511. The molecule has 25 heavy (non-hydrogen) atoms. The Labute approximate surface area is 156 Å². The minimum Gasteiger partial charge on any atom is -0.383 e. The van der Waals surface area contributed by atoms with Gasteiger partial charge in [0.25, 0.3) is 0 Å². The third kappa shape index (κ3) is 7.71. The van der Waals surface area contributed by atoms with Gasteiger partial charge in [-0.15, -0.1) is 11.3 Å². The number of ether oxygens (including phenoxy) is 1. The SMILES string of the molecule is CCNC(=NCC1CCN(CCOC)CC1)NCCc1ncc(C)s1. The molecule has 6 nitrogen and oxygen atoms in total. The highest BCUT2D eigenvalue weighted by Gasteiger charge is 2.18. The molecule has 1 aromatic heterocycles. The van der Waals surface area contributed by atoms with Crippen LogP contribution in [0.5, 0.6) is 0 Å². The predicted octanol–water partition coefficient (Wildman–Crippen LogP) is 1.91. The Kier molecular flexibility index (Phi) is 9.21. The number of guanidine groups is 1. The van der Waals surface area contributed by atoms with Gasteiger partial charge in [0.15, 0.2) is 5.96 Å². The maximum Gasteiger partial charge on any atom is 0.191 e. The van der Waals surface area contributed by atoms with Gasteiger partial charge in [-0.25, -0.2) is 4.98 Å². The summed E-state index contributed by atoms with van der Waals surface area (Å²) < 4.78 is 5.16. The molecule has 1 aromatic rings. The average Bonchev–Trinajstić information content (AvgIpc) is 3.04. The average molecular weight is 368 g/mol. The van der Waals surface area contributed by atoms with E-state index in [1.165, 1.54) is 22.7 Å². The minimum absolute atomic E-state index is 0.691. The van der Waals surface area contributed by atoms with Gasteiger partial charge in [0, 0.05) is 50.8 Å². The third-order valence-corrected chi connectivity index (χ3v) is 5.44. The van der Waals surface area contributed by atoms with E-state index >= 15 is 0 Å². The summed E-state index contributed by atoms with van der Waals surface area (Å²) in [6.45, 7) is 11.1. The van der Waals surface area contributed by atoms with E-state index in [1.807, 2.05) is 6.20 Å². The number of thiazole rings is 1. The molecular weight excluding hydrogens is 334 g/mol. The fourth-order valence-electron chi connectivity index (χ4n) is 2.98. The fraction of sp³-hybridized carbons (Fsp3) is 0.778. The zero-order chi connectivity index (χ0) is 17.9. The number of aromatic nitrogens is 1. The van der Waals surface area contributed by atoms with E-state index in [0.29, 0.717) is 5.92 Å². The van der Waals surface area contributed by atoms with E-state index in [1.54, 1.807) is 18.4 Å². The summed E-state index contributed by atoms with van der Waals surface area (Å²) in [7, 11) is 1.77. The molecule has 1 aliphatic rings. The highest BCUT2D eigenvalue weighted by atomic mass is 32.1. The number of rotatable bonds is 9. The quantitative estimate of drug-likeness (QED) is 0.516.